The van der Waals surface area contributed by atoms with Crippen molar-refractivity contribution >= 4 is 28.5 Å². The van der Waals surface area contributed by atoms with Gasteiger partial charge in [-0.1, -0.05) is 43.8 Å². The highest BCUT2D eigenvalue weighted by Gasteiger charge is 2.31. The number of carbonyl (C=O) groups is 1. The second kappa shape index (κ2) is 9.71. The van der Waals surface area contributed by atoms with Crippen molar-refractivity contribution in [2.24, 2.45) is 4.99 Å². The van der Waals surface area contributed by atoms with Crippen molar-refractivity contribution in [3.63, 3.8) is 0 Å². The summed E-state index contributed by atoms with van der Waals surface area (Å²) in [6.07, 6.45) is 0. The summed E-state index contributed by atoms with van der Waals surface area (Å²) in [6, 6.07) is 14.5. The number of allylic oxidation sites excluding steroid dienone is 1. The number of hydrogen-bond donors (Lipinski definition) is 2. The van der Waals surface area contributed by atoms with Gasteiger partial charge in [-0.05, 0) is 31.2 Å². The van der Waals surface area contributed by atoms with Crippen molar-refractivity contribution in [3.05, 3.63) is 65.4 Å². The summed E-state index contributed by atoms with van der Waals surface area (Å²) in [5.74, 6) is 1.10. The van der Waals surface area contributed by atoms with Crippen LogP contribution in [0, 0.1) is 0 Å². The molecule has 3 rings (SSSR count). The van der Waals surface area contributed by atoms with E-state index in [0.29, 0.717) is 22.3 Å². The largest absolute Gasteiger partial charge is 0.497 e. The van der Waals surface area contributed by atoms with Crippen molar-refractivity contribution in [3.8, 4) is 11.5 Å². The summed E-state index contributed by atoms with van der Waals surface area (Å²) in [4.78, 5) is 18.1. The minimum atomic E-state index is -0.503. The molecule has 2 N–H and O–H groups in total. The number of para-hydroxylation sites is 1. The lowest BCUT2D eigenvalue weighted by Gasteiger charge is -2.28. The number of ether oxygens (including phenoxy) is 2. The van der Waals surface area contributed by atoms with E-state index in [9.17, 15) is 4.79 Å². The van der Waals surface area contributed by atoms with Crippen LogP contribution in [0.25, 0.3) is 0 Å². The number of benzene rings is 2. The highest BCUT2D eigenvalue weighted by atomic mass is 32.2. The van der Waals surface area contributed by atoms with Gasteiger partial charge < -0.3 is 20.1 Å². The molecule has 158 valence electrons. The Hall–Kier alpha value is -2.93. The van der Waals surface area contributed by atoms with E-state index in [1.54, 1.807) is 26.0 Å². The number of rotatable bonds is 6. The van der Waals surface area contributed by atoms with Gasteiger partial charge in [-0.3, -0.25) is 4.79 Å². The van der Waals surface area contributed by atoms with Gasteiger partial charge in [-0.2, -0.15) is 0 Å². The van der Waals surface area contributed by atoms with E-state index >= 15 is 0 Å². The Balaban J connectivity index is 2.04. The first-order valence-electron chi connectivity index (χ1n) is 9.73. The van der Waals surface area contributed by atoms with Gasteiger partial charge in [0.2, 0.25) is 0 Å². The zero-order chi connectivity index (χ0) is 21.7. The highest BCUT2D eigenvalue weighted by Crippen LogP contribution is 2.39. The van der Waals surface area contributed by atoms with E-state index < -0.39 is 6.04 Å². The van der Waals surface area contributed by atoms with Crippen molar-refractivity contribution in [1.82, 2.24) is 5.32 Å². The maximum absolute atomic E-state index is 13.3. The van der Waals surface area contributed by atoms with Crippen LogP contribution in [-0.4, -0.2) is 30.5 Å². The Morgan fingerprint density at radius 1 is 1.13 bits per heavy atom. The molecule has 0 fully saturated rings. The van der Waals surface area contributed by atoms with Crippen LogP contribution in [0.3, 0.4) is 0 Å². The molecule has 0 unspecified atom stereocenters. The summed E-state index contributed by atoms with van der Waals surface area (Å²) in [5.41, 5.74) is 2.86. The quantitative estimate of drug-likeness (QED) is 0.698. The molecule has 1 heterocycles. The predicted molar refractivity (Wildman–Crippen MR) is 123 cm³/mol. The minimum Gasteiger partial charge on any atom is -0.497 e. The van der Waals surface area contributed by atoms with Crippen LogP contribution in [-0.2, 0) is 4.79 Å². The number of thioether (sulfide) groups is 1. The van der Waals surface area contributed by atoms with Crippen molar-refractivity contribution < 1.29 is 14.3 Å². The van der Waals surface area contributed by atoms with Crippen LogP contribution in [0.15, 0.2) is 64.8 Å². The molecule has 1 aliphatic heterocycles. The Bertz CT molecular complexity index is 971. The normalized spacial score (nSPS) is 16.1. The molecule has 2 aromatic carbocycles. The Morgan fingerprint density at radius 2 is 1.87 bits per heavy atom. The van der Waals surface area contributed by atoms with E-state index in [0.717, 1.165) is 22.1 Å². The number of nitrogens with one attached hydrogen (secondary N) is 2. The van der Waals surface area contributed by atoms with Gasteiger partial charge in [0.05, 0.1) is 19.8 Å². The first-order valence-corrected chi connectivity index (χ1v) is 10.6. The zero-order valence-electron chi connectivity index (χ0n) is 17.9. The SMILES string of the molecule is COc1ccc([C@@H]2N=C(SC(C)C)NC(C)=C2C(=O)Nc2ccccc2)c(OC)c1. The fourth-order valence-electron chi connectivity index (χ4n) is 3.21. The first kappa shape index (κ1) is 21.8. The molecule has 0 aliphatic carbocycles. The average molecular weight is 426 g/mol. The van der Waals surface area contributed by atoms with E-state index in [2.05, 4.69) is 24.5 Å². The molecule has 7 heteroatoms. The number of carbonyl (C=O) groups excluding carboxylic acids is 1. The molecule has 1 amide bonds. The van der Waals surface area contributed by atoms with Gasteiger partial charge in [0, 0.05) is 28.3 Å². The summed E-state index contributed by atoms with van der Waals surface area (Å²) >= 11 is 1.62. The Kier molecular flexibility index (Phi) is 7.05. The fourth-order valence-corrected chi connectivity index (χ4v) is 4.04. The number of hydrogen-bond acceptors (Lipinski definition) is 6. The van der Waals surface area contributed by atoms with Crippen LogP contribution < -0.4 is 20.1 Å². The summed E-state index contributed by atoms with van der Waals surface area (Å²) < 4.78 is 10.9. The molecule has 0 saturated heterocycles. The molecular formula is C23H27N3O3S. The van der Waals surface area contributed by atoms with E-state index in [1.807, 2.05) is 55.5 Å². The highest BCUT2D eigenvalue weighted by molar-refractivity contribution is 8.14. The average Bonchev–Trinajstić information content (AvgIpc) is 2.72. The number of amides is 1. The third-order valence-electron chi connectivity index (χ3n) is 4.58. The number of aliphatic imine (C=N–C) groups is 1. The lowest BCUT2D eigenvalue weighted by atomic mass is 9.95. The van der Waals surface area contributed by atoms with E-state index in [-0.39, 0.29) is 5.91 Å². The van der Waals surface area contributed by atoms with Gasteiger partial charge in [0.1, 0.15) is 17.5 Å². The maximum Gasteiger partial charge on any atom is 0.255 e. The Labute approximate surface area is 181 Å². The summed E-state index contributed by atoms with van der Waals surface area (Å²) in [7, 11) is 3.21. The van der Waals surface area contributed by atoms with E-state index in [1.165, 1.54) is 0 Å². The molecule has 0 spiro atoms. The number of amidine groups is 1. The lowest BCUT2D eigenvalue weighted by molar-refractivity contribution is -0.113. The number of nitrogens with zero attached hydrogens (tertiary/aromatic N) is 1. The van der Waals surface area contributed by atoms with E-state index in [4.69, 9.17) is 14.5 Å². The second-order valence-electron chi connectivity index (χ2n) is 7.10. The first-order chi connectivity index (χ1) is 14.4. The van der Waals surface area contributed by atoms with Crippen molar-refractivity contribution in [1.29, 1.82) is 0 Å². The molecule has 6 nitrogen and oxygen atoms in total. The predicted octanol–water partition coefficient (Wildman–Crippen LogP) is 4.76. The van der Waals surface area contributed by atoms with Crippen LogP contribution in [0.4, 0.5) is 5.69 Å². The topological polar surface area (TPSA) is 72.0 Å². The van der Waals surface area contributed by atoms with Crippen LogP contribution in [0.1, 0.15) is 32.4 Å². The molecule has 1 atom stereocenters. The van der Waals surface area contributed by atoms with Gasteiger partial charge in [0.15, 0.2) is 5.17 Å². The monoisotopic (exact) mass is 425 g/mol. The molecule has 0 aromatic heterocycles. The molecule has 0 bridgehead atoms. The molecule has 1 aliphatic rings. The second-order valence-corrected chi connectivity index (χ2v) is 8.66. The maximum atomic E-state index is 13.3. The third-order valence-corrected chi connectivity index (χ3v) is 5.48. The number of anilines is 1. The third kappa shape index (κ3) is 4.97. The standard InChI is InChI=1S/C23H27N3O3S/c1-14(2)30-23-24-15(3)20(22(27)25-16-9-7-6-8-10-16)21(26-23)18-12-11-17(28-4)13-19(18)29-5/h6-14,21H,1-5H3,(H,24,26)(H,25,27)/t21-/m0/s1. The van der Waals surface area contributed by atoms with Gasteiger partial charge >= 0.3 is 0 Å². The summed E-state index contributed by atoms with van der Waals surface area (Å²) in [6.45, 7) is 6.11. The smallest absolute Gasteiger partial charge is 0.255 e. The molecule has 2 aromatic rings. The number of methoxy groups -OCH3 is 2. The summed E-state index contributed by atoms with van der Waals surface area (Å²) in [5, 5.41) is 7.40. The van der Waals surface area contributed by atoms with Crippen LogP contribution >= 0.6 is 11.8 Å². The van der Waals surface area contributed by atoms with Crippen LogP contribution in [0.2, 0.25) is 0 Å². The van der Waals surface area contributed by atoms with Gasteiger partial charge in [0.25, 0.3) is 5.91 Å². The lowest BCUT2D eigenvalue weighted by Crippen LogP contribution is -2.32. The van der Waals surface area contributed by atoms with Crippen LogP contribution in [0.5, 0.6) is 11.5 Å². The van der Waals surface area contributed by atoms with Gasteiger partial charge in [-0.25, -0.2) is 4.99 Å². The molecule has 0 saturated carbocycles. The van der Waals surface area contributed by atoms with Crippen molar-refractivity contribution in [2.45, 2.75) is 32.1 Å². The molecule has 0 radical (unpaired) electrons. The van der Waals surface area contributed by atoms with Gasteiger partial charge in [-0.15, -0.1) is 0 Å². The molecular weight excluding hydrogens is 398 g/mol. The zero-order valence-corrected chi connectivity index (χ0v) is 18.7. The van der Waals surface area contributed by atoms with Crippen molar-refractivity contribution in [2.75, 3.05) is 19.5 Å². The minimum absolute atomic E-state index is 0.202. The Morgan fingerprint density at radius 3 is 2.50 bits per heavy atom. The fraction of sp³-hybridized carbons (Fsp3) is 0.304. The molecule has 30 heavy (non-hydrogen) atoms.